The average Bonchev–Trinajstić information content (AvgIpc) is 2.24. The van der Waals surface area contributed by atoms with Gasteiger partial charge in [0.1, 0.15) is 5.82 Å². The van der Waals surface area contributed by atoms with Crippen LogP contribution in [0.25, 0.3) is 0 Å². The number of hydrogen-bond acceptors (Lipinski definition) is 4. The van der Waals surface area contributed by atoms with Gasteiger partial charge in [0.25, 0.3) is 0 Å². The van der Waals surface area contributed by atoms with Gasteiger partial charge in [-0.25, -0.2) is 17.9 Å². The van der Waals surface area contributed by atoms with Crippen molar-refractivity contribution in [2.24, 2.45) is 5.14 Å². The quantitative estimate of drug-likeness (QED) is 0.826. The van der Waals surface area contributed by atoms with Gasteiger partial charge in [0, 0.05) is 6.92 Å². The molecular formula is C11H10FNO3S2. The fraction of sp³-hybridized carbons (Fsp3) is 0.182. The molecular weight excluding hydrogens is 277 g/mol. The largest absolute Gasteiger partial charge is 0.288 e. The van der Waals surface area contributed by atoms with Crippen LogP contribution in [0.1, 0.15) is 12.5 Å². The van der Waals surface area contributed by atoms with E-state index in [4.69, 9.17) is 5.14 Å². The molecule has 0 radical (unpaired) electrons. The van der Waals surface area contributed by atoms with E-state index in [9.17, 15) is 17.6 Å². The summed E-state index contributed by atoms with van der Waals surface area (Å²) in [5.41, 5.74) is 0.0616. The number of thioether (sulfide) groups is 1. The summed E-state index contributed by atoms with van der Waals surface area (Å²) in [6.07, 6.45) is 0. The van der Waals surface area contributed by atoms with Crippen LogP contribution in [0.2, 0.25) is 0 Å². The summed E-state index contributed by atoms with van der Waals surface area (Å²) >= 11 is 1.01. The summed E-state index contributed by atoms with van der Waals surface area (Å²) in [7, 11) is -3.92. The number of benzene rings is 1. The Hall–Kier alpha value is -1.36. The van der Waals surface area contributed by atoms with E-state index in [0.29, 0.717) is 0 Å². The number of rotatable bonds is 2. The van der Waals surface area contributed by atoms with Crippen LogP contribution in [0.3, 0.4) is 0 Å². The summed E-state index contributed by atoms with van der Waals surface area (Å²) < 4.78 is 35.4. The van der Waals surface area contributed by atoms with Crippen molar-refractivity contribution in [2.45, 2.75) is 11.8 Å². The lowest BCUT2D eigenvalue weighted by Gasteiger charge is -1.99. The Morgan fingerprint density at radius 3 is 2.67 bits per heavy atom. The monoisotopic (exact) mass is 287 g/mol. The summed E-state index contributed by atoms with van der Waals surface area (Å²) in [5.74, 6) is 4.61. The minimum absolute atomic E-state index is 0.0616. The maximum atomic E-state index is 13.5. The highest BCUT2D eigenvalue weighted by Gasteiger charge is 2.10. The molecule has 1 rings (SSSR count). The molecule has 0 aliphatic heterocycles. The van der Waals surface area contributed by atoms with Gasteiger partial charge < -0.3 is 0 Å². The molecule has 4 nitrogen and oxygen atoms in total. The number of halogens is 1. The molecule has 0 bridgehead atoms. The first kappa shape index (κ1) is 14.7. The Bertz CT molecular complexity index is 629. The molecule has 7 heteroatoms. The molecule has 18 heavy (non-hydrogen) atoms. The Morgan fingerprint density at radius 1 is 1.50 bits per heavy atom. The maximum absolute atomic E-state index is 13.5. The van der Waals surface area contributed by atoms with Crippen molar-refractivity contribution in [3.05, 3.63) is 29.6 Å². The van der Waals surface area contributed by atoms with Crippen LogP contribution in [0.15, 0.2) is 23.1 Å². The standard InChI is InChI=1S/C11H10FNO3S2/c1-8(14)17-6-2-3-9-4-5-10(7-11(9)12)18(13,15)16/h4-5,7H,6H2,1H3,(H2,13,15,16). The van der Waals surface area contributed by atoms with Crippen LogP contribution in [-0.4, -0.2) is 19.3 Å². The second-order valence-corrected chi connectivity index (χ2v) is 5.98. The molecule has 0 amide bonds. The Kier molecular flexibility index (Phi) is 4.90. The van der Waals surface area contributed by atoms with E-state index in [1.54, 1.807) is 0 Å². The molecule has 0 spiro atoms. The molecule has 96 valence electrons. The van der Waals surface area contributed by atoms with Gasteiger partial charge >= 0.3 is 0 Å². The number of primary sulfonamides is 1. The van der Waals surface area contributed by atoms with Gasteiger partial charge in [-0.1, -0.05) is 23.6 Å². The van der Waals surface area contributed by atoms with Gasteiger partial charge in [-0.15, -0.1) is 0 Å². The lowest BCUT2D eigenvalue weighted by molar-refractivity contribution is -0.109. The molecule has 0 fully saturated rings. The van der Waals surface area contributed by atoms with Crippen molar-refractivity contribution in [1.82, 2.24) is 0 Å². The molecule has 0 aliphatic carbocycles. The Morgan fingerprint density at radius 2 is 2.17 bits per heavy atom. The summed E-state index contributed by atoms with van der Waals surface area (Å²) in [6, 6.07) is 3.23. The normalized spacial score (nSPS) is 10.6. The topological polar surface area (TPSA) is 77.2 Å². The van der Waals surface area contributed by atoms with Gasteiger partial charge in [-0.3, -0.25) is 4.79 Å². The van der Waals surface area contributed by atoms with Crippen LogP contribution in [0, 0.1) is 17.7 Å². The van der Waals surface area contributed by atoms with E-state index in [2.05, 4.69) is 11.8 Å². The zero-order chi connectivity index (χ0) is 13.8. The van der Waals surface area contributed by atoms with E-state index in [1.807, 2.05) is 0 Å². The molecule has 0 atom stereocenters. The van der Waals surface area contributed by atoms with Crippen LogP contribution < -0.4 is 5.14 Å². The van der Waals surface area contributed by atoms with Crippen LogP contribution in [0.4, 0.5) is 4.39 Å². The second kappa shape index (κ2) is 6.00. The number of hydrogen-bond donors (Lipinski definition) is 1. The van der Waals surface area contributed by atoms with Crippen LogP contribution >= 0.6 is 11.8 Å². The third-order valence-electron chi connectivity index (χ3n) is 1.84. The highest BCUT2D eigenvalue weighted by molar-refractivity contribution is 8.13. The van der Waals surface area contributed by atoms with Gasteiger partial charge in [-0.2, -0.15) is 0 Å². The molecule has 2 N–H and O–H groups in total. The fourth-order valence-corrected chi connectivity index (χ4v) is 1.92. The zero-order valence-electron chi connectivity index (χ0n) is 9.44. The zero-order valence-corrected chi connectivity index (χ0v) is 11.1. The highest BCUT2D eigenvalue weighted by Crippen LogP contribution is 2.12. The SMILES string of the molecule is CC(=O)SCC#Cc1ccc(S(N)(=O)=O)cc1F. The van der Waals surface area contributed by atoms with Crippen LogP contribution in [0.5, 0.6) is 0 Å². The average molecular weight is 287 g/mol. The van der Waals surface area contributed by atoms with Crippen molar-refractivity contribution in [3.63, 3.8) is 0 Å². The third-order valence-corrected chi connectivity index (χ3v) is 3.45. The third kappa shape index (κ3) is 4.49. The first-order chi connectivity index (χ1) is 8.30. The Labute approximate surface area is 109 Å². The van der Waals surface area contributed by atoms with E-state index in [1.165, 1.54) is 19.1 Å². The van der Waals surface area contributed by atoms with Crippen molar-refractivity contribution in [1.29, 1.82) is 0 Å². The molecule has 0 saturated carbocycles. The second-order valence-electron chi connectivity index (χ2n) is 3.27. The summed E-state index contributed by atoms with van der Waals surface area (Å²) in [5, 5.41) is 4.78. The molecule has 0 heterocycles. The highest BCUT2D eigenvalue weighted by atomic mass is 32.2. The number of carbonyl (C=O) groups is 1. The first-order valence-electron chi connectivity index (χ1n) is 4.75. The Balaban J connectivity index is 2.90. The molecule has 0 aliphatic rings. The minimum atomic E-state index is -3.92. The number of nitrogens with two attached hydrogens (primary N) is 1. The van der Waals surface area contributed by atoms with E-state index < -0.39 is 15.8 Å². The summed E-state index contributed by atoms with van der Waals surface area (Å²) in [6.45, 7) is 1.41. The molecule has 1 aromatic carbocycles. The molecule has 0 unspecified atom stereocenters. The van der Waals surface area contributed by atoms with E-state index >= 15 is 0 Å². The van der Waals surface area contributed by atoms with Crippen LogP contribution in [-0.2, 0) is 14.8 Å². The van der Waals surface area contributed by atoms with Crippen molar-refractivity contribution < 1.29 is 17.6 Å². The van der Waals surface area contributed by atoms with Gasteiger partial charge in [0.15, 0.2) is 5.12 Å². The summed E-state index contributed by atoms with van der Waals surface area (Å²) in [4.78, 5) is 10.3. The minimum Gasteiger partial charge on any atom is -0.288 e. The van der Waals surface area contributed by atoms with Gasteiger partial charge in [0.05, 0.1) is 16.2 Å². The lowest BCUT2D eigenvalue weighted by Crippen LogP contribution is -2.12. The molecule has 1 aromatic rings. The van der Waals surface area contributed by atoms with Gasteiger partial charge in [-0.05, 0) is 18.2 Å². The maximum Gasteiger partial charge on any atom is 0.238 e. The van der Waals surface area contributed by atoms with E-state index in [-0.39, 0.29) is 21.3 Å². The smallest absolute Gasteiger partial charge is 0.238 e. The van der Waals surface area contributed by atoms with E-state index in [0.717, 1.165) is 17.8 Å². The van der Waals surface area contributed by atoms with Crippen molar-refractivity contribution in [2.75, 3.05) is 5.75 Å². The predicted molar refractivity (Wildman–Crippen MR) is 67.8 cm³/mol. The van der Waals surface area contributed by atoms with Crippen molar-refractivity contribution >= 4 is 26.9 Å². The lowest BCUT2D eigenvalue weighted by atomic mass is 10.2. The first-order valence-corrected chi connectivity index (χ1v) is 7.28. The fourth-order valence-electron chi connectivity index (χ4n) is 1.04. The molecule has 0 aromatic heterocycles. The van der Waals surface area contributed by atoms with Crippen molar-refractivity contribution in [3.8, 4) is 11.8 Å². The van der Waals surface area contributed by atoms with Gasteiger partial charge in [0.2, 0.25) is 10.0 Å². The number of sulfonamides is 1. The number of carbonyl (C=O) groups excluding carboxylic acids is 1. The molecule has 0 saturated heterocycles. The predicted octanol–water partition coefficient (Wildman–Crippen LogP) is 1.10.